The quantitative estimate of drug-likeness (QED) is 0.375. The predicted molar refractivity (Wildman–Crippen MR) is 145 cm³/mol. The van der Waals surface area contributed by atoms with Gasteiger partial charge in [0.2, 0.25) is 0 Å². The smallest absolute Gasteiger partial charge is 0.323 e. The molecule has 2 N–H and O–H groups in total. The van der Waals surface area contributed by atoms with Gasteiger partial charge in [0.05, 0.1) is 11.2 Å². The first-order valence-electron chi connectivity index (χ1n) is 11.4. The lowest BCUT2D eigenvalue weighted by Gasteiger charge is -2.34. The van der Waals surface area contributed by atoms with E-state index in [-0.39, 0.29) is 24.2 Å². The summed E-state index contributed by atoms with van der Waals surface area (Å²) in [6, 6.07) is 18.6. The van der Waals surface area contributed by atoms with Crippen LogP contribution in [-0.2, 0) is 0 Å². The van der Waals surface area contributed by atoms with Crippen molar-refractivity contribution >= 4 is 63.0 Å². The van der Waals surface area contributed by atoms with E-state index in [1.165, 1.54) is 0 Å². The maximum Gasteiger partial charge on any atom is 0.323 e. The second-order valence-electron chi connectivity index (χ2n) is 8.69. The summed E-state index contributed by atoms with van der Waals surface area (Å²) in [7, 11) is 2.14. The fourth-order valence-corrected chi connectivity index (χ4v) is 4.54. The van der Waals surface area contributed by atoms with Gasteiger partial charge in [-0.05, 0) is 49.7 Å². The Labute approximate surface area is 210 Å². The molecule has 180 valence electrons. The second-order valence-corrected chi connectivity index (χ2v) is 8.69. The number of likely N-dealkylation sites (N-methyl/N-ethyl adjacent to an activating group) is 1. The summed E-state index contributed by atoms with van der Waals surface area (Å²) < 4.78 is 0. The van der Waals surface area contributed by atoms with E-state index in [2.05, 4.69) is 32.5 Å². The van der Waals surface area contributed by atoms with Gasteiger partial charge < -0.3 is 20.4 Å². The van der Waals surface area contributed by atoms with Crippen LogP contribution >= 0.6 is 12.4 Å². The van der Waals surface area contributed by atoms with E-state index < -0.39 is 0 Å². The number of benzene rings is 3. The zero-order valence-corrected chi connectivity index (χ0v) is 20.6. The van der Waals surface area contributed by atoms with Crippen molar-refractivity contribution in [1.82, 2.24) is 9.88 Å². The first-order chi connectivity index (χ1) is 16.5. The van der Waals surface area contributed by atoms with Gasteiger partial charge in [-0.2, -0.15) is 0 Å². The van der Waals surface area contributed by atoms with Crippen LogP contribution in [0.25, 0.3) is 21.7 Å². The van der Waals surface area contributed by atoms with Gasteiger partial charge in [-0.3, -0.25) is 9.78 Å². The zero-order chi connectivity index (χ0) is 23.7. The summed E-state index contributed by atoms with van der Waals surface area (Å²) in [6.07, 6.45) is 1.84. The van der Waals surface area contributed by atoms with Crippen molar-refractivity contribution in [3.63, 3.8) is 0 Å². The Morgan fingerprint density at radius 1 is 0.857 bits per heavy atom. The van der Waals surface area contributed by atoms with Crippen LogP contribution < -0.4 is 15.5 Å². The normalized spacial score (nSPS) is 13.9. The molecule has 0 atom stereocenters. The molecule has 1 saturated heterocycles. The van der Waals surface area contributed by atoms with Crippen LogP contribution in [0.15, 0.2) is 66.9 Å². The van der Waals surface area contributed by atoms with Gasteiger partial charge in [-0.1, -0.05) is 30.3 Å². The highest BCUT2D eigenvalue weighted by molar-refractivity contribution is 6.13. The van der Waals surface area contributed by atoms with Gasteiger partial charge in [-0.25, -0.2) is 4.79 Å². The number of urea groups is 1. The first kappa shape index (κ1) is 24.4. The number of rotatable bonds is 4. The molecule has 0 spiro atoms. The third-order valence-corrected chi connectivity index (χ3v) is 6.37. The average Bonchev–Trinajstić information content (AvgIpc) is 2.84. The van der Waals surface area contributed by atoms with Crippen molar-refractivity contribution in [3.8, 4) is 0 Å². The van der Waals surface area contributed by atoms with Gasteiger partial charge in [-0.15, -0.1) is 12.4 Å². The Hall–Kier alpha value is -3.68. The third kappa shape index (κ3) is 5.06. The second kappa shape index (κ2) is 10.3. The summed E-state index contributed by atoms with van der Waals surface area (Å²) in [5.74, 6) is -0.00636. The Bertz CT molecular complexity index is 1400. The van der Waals surface area contributed by atoms with E-state index in [4.69, 9.17) is 0 Å². The van der Waals surface area contributed by atoms with E-state index >= 15 is 0 Å². The molecule has 7 nitrogen and oxygen atoms in total. The molecule has 0 bridgehead atoms. The van der Waals surface area contributed by atoms with Gasteiger partial charge >= 0.3 is 6.03 Å². The molecule has 8 heteroatoms. The lowest BCUT2D eigenvalue weighted by Crippen LogP contribution is -2.44. The molecule has 1 aliphatic rings. The van der Waals surface area contributed by atoms with Gasteiger partial charge in [0.1, 0.15) is 0 Å². The Morgan fingerprint density at radius 3 is 2.37 bits per heavy atom. The van der Waals surface area contributed by atoms with Crippen LogP contribution in [-0.4, -0.2) is 54.9 Å². The molecular formula is C27H28ClN5O2. The number of anilines is 3. The molecule has 4 aromatic rings. The van der Waals surface area contributed by atoms with Crippen LogP contribution in [0.4, 0.5) is 21.9 Å². The number of aromatic nitrogens is 1. The molecule has 1 fully saturated rings. The lowest BCUT2D eigenvalue weighted by atomic mass is 10.0. The monoisotopic (exact) mass is 489 g/mol. The number of fused-ring (bicyclic) bond motifs is 2. The number of hydrogen-bond acceptors (Lipinski definition) is 5. The number of hydrogen-bond donors (Lipinski definition) is 2. The topological polar surface area (TPSA) is 77.6 Å². The summed E-state index contributed by atoms with van der Waals surface area (Å²) >= 11 is 0. The van der Waals surface area contributed by atoms with Crippen molar-refractivity contribution in [2.45, 2.75) is 6.92 Å². The van der Waals surface area contributed by atoms with Crippen LogP contribution in [0.3, 0.4) is 0 Å². The number of nitrogens with one attached hydrogen (secondary N) is 2. The van der Waals surface area contributed by atoms with E-state index in [9.17, 15) is 9.59 Å². The molecule has 2 heterocycles. The number of amides is 2. The number of carbonyl (C=O) groups is 2. The molecular weight excluding hydrogens is 462 g/mol. The molecule has 1 aromatic heterocycles. The van der Waals surface area contributed by atoms with Crippen molar-refractivity contribution in [3.05, 3.63) is 72.4 Å². The maximum absolute atomic E-state index is 12.9. The Balaban J connectivity index is 0.00000289. The fraction of sp³-hybridized carbons (Fsp3) is 0.222. The average molecular weight is 490 g/mol. The molecule has 2 amide bonds. The summed E-state index contributed by atoms with van der Waals surface area (Å²) in [6.45, 7) is 5.49. The molecule has 5 rings (SSSR count). The molecule has 3 aromatic carbocycles. The van der Waals surface area contributed by atoms with Gasteiger partial charge in [0, 0.05) is 60.1 Å². The standard InChI is InChI=1S/C27H27N5O2.ClH/c1-18(33)20-5-3-7-22-21(20)6-4-8-25(22)30-27(34)29-19-9-10-24-23(17-19)26(11-12-28-24)32-15-13-31(2)14-16-32;/h3-12,17H,13-16H2,1-2H3,(H2,29,30,34);1H. The number of carbonyl (C=O) groups excluding carboxylic acids is 2. The minimum absolute atomic E-state index is 0. The Morgan fingerprint density at radius 2 is 1.60 bits per heavy atom. The van der Waals surface area contributed by atoms with Crippen LogP contribution in [0, 0.1) is 0 Å². The van der Waals surface area contributed by atoms with Gasteiger partial charge in [0.15, 0.2) is 5.78 Å². The molecule has 0 aliphatic carbocycles. The van der Waals surface area contributed by atoms with Crippen LogP contribution in [0.1, 0.15) is 17.3 Å². The predicted octanol–water partition coefficient (Wildman–Crippen LogP) is 5.41. The minimum atomic E-state index is -0.342. The van der Waals surface area contributed by atoms with E-state index in [0.717, 1.165) is 53.5 Å². The molecule has 0 radical (unpaired) electrons. The highest BCUT2D eigenvalue weighted by Gasteiger charge is 2.17. The van der Waals surface area contributed by atoms with Crippen molar-refractivity contribution < 1.29 is 9.59 Å². The molecule has 1 aliphatic heterocycles. The van der Waals surface area contributed by atoms with E-state index in [1.807, 2.05) is 60.8 Å². The van der Waals surface area contributed by atoms with E-state index in [1.54, 1.807) is 13.0 Å². The first-order valence-corrected chi connectivity index (χ1v) is 11.4. The van der Waals surface area contributed by atoms with E-state index in [0.29, 0.717) is 16.9 Å². The van der Waals surface area contributed by atoms with Crippen LogP contribution in [0.5, 0.6) is 0 Å². The van der Waals surface area contributed by atoms with Crippen LogP contribution in [0.2, 0.25) is 0 Å². The Kier molecular flexibility index (Phi) is 7.19. The highest BCUT2D eigenvalue weighted by atomic mass is 35.5. The number of ketones is 1. The number of Topliss-reactive ketones (excluding diaryl/α,β-unsaturated/α-hetero) is 1. The molecule has 0 saturated carbocycles. The highest BCUT2D eigenvalue weighted by Crippen LogP contribution is 2.30. The summed E-state index contributed by atoms with van der Waals surface area (Å²) in [4.78, 5) is 34.1. The third-order valence-electron chi connectivity index (χ3n) is 6.37. The van der Waals surface area contributed by atoms with Crippen molar-refractivity contribution in [1.29, 1.82) is 0 Å². The summed E-state index contributed by atoms with van der Waals surface area (Å²) in [5.41, 5.74) is 4.01. The molecule has 0 unspecified atom stereocenters. The maximum atomic E-state index is 12.9. The van der Waals surface area contributed by atoms with Crippen molar-refractivity contribution in [2.24, 2.45) is 0 Å². The summed E-state index contributed by atoms with van der Waals surface area (Å²) in [5, 5.41) is 8.55. The molecule has 35 heavy (non-hydrogen) atoms. The van der Waals surface area contributed by atoms with Gasteiger partial charge in [0.25, 0.3) is 0 Å². The number of halogens is 1. The lowest BCUT2D eigenvalue weighted by molar-refractivity contribution is 0.101. The van der Waals surface area contributed by atoms with Crippen molar-refractivity contribution in [2.75, 3.05) is 48.8 Å². The minimum Gasteiger partial charge on any atom is -0.368 e. The number of piperazine rings is 1. The number of pyridine rings is 1. The largest absolute Gasteiger partial charge is 0.368 e. The SMILES string of the molecule is CC(=O)c1cccc2c(NC(=O)Nc3ccc4nccc(N5CCN(C)CC5)c4c3)cccc12.Cl. The zero-order valence-electron chi connectivity index (χ0n) is 19.7. The number of nitrogens with zero attached hydrogens (tertiary/aromatic N) is 3. The fourth-order valence-electron chi connectivity index (χ4n) is 4.54.